The zero-order valence-electron chi connectivity index (χ0n) is 14.9. The number of fused-ring (bicyclic) bond motifs is 2. The number of aromatic hydroxyl groups is 1. The molecule has 3 atom stereocenters. The third-order valence-corrected chi connectivity index (χ3v) is 5.48. The second kappa shape index (κ2) is 6.67. The summed E-state index contributed by atoms with van der Waals surface area (Å²) in [6.45, 7) is 2.15. The number of hydrogen-bond donors (Lipinski definition) is 5. The zero-order chi connectivity index (χ0) is 18.3. The fourth-order valence-electron chi connectivity index (χ4n) is 4.13. The first-order valence-corrected chi connectivity index (χ1v) is 9.14. The van der Waals surface area contributed by atoms with Crippen molar-refractivity contribution in [2.24, 2.45) is 0 Å². The zero-order valence-corrected chi connectivity index (χ0v) is 14.9. The van der Waals surface area contributed by atoms with Crippen LogP contribution in [-0.4, -0.2) is 27.3 Å². The lowest BCUT2D eigenvalue weighted by molar-refractivity contribution is 0.109. The van der Waals surface area contributed by atoms with Crippen molar-refractivity contribution >= 4 is 16.6 Å². The number of phenols is 1. The quantitative estimate of drug-likeness (QED) is 0.369. The molecule has 3 aromatic rings. The lowest BCUT2D eigenvalue weighted by atomic mass is 9.84. The summed E-state index contributed by atoms with van der Waals surface area (Å²) in [6, 6.07) is 11.9. The monoisotopic (exact) mass is 351 g/mol. The average Bonchev–Trinajstić information content (AvgIpc) is 3.03. The molecule has 1 heterocycles. The molecule has 0 amide bonds. The molecular formula is C21H25N3O2. The molecule has 0 saturated heterocycles. The lowest BCUT2D eigenvalue weighted by Crippen LogP contribution is -2.44. The molecular weight excluding hydrogens is 326 g/mol. The summed E-state index contributed by atoms with van der Waals surface area (Å²) in [5.74, 6) is 0.0927. The van der Waals surface area contributed by atoms with Gasteiger partial charge in [-0.25, -0.2) is 0 Å². The van der Waals surface area contributed by atoms with Gasteiger partial charge in [0.25, 0.3) is 0 Å². The Kier molecular flexibility index (Phi) is 4.34. The summed E-state index contributed by atoms with van der Waals surface area (Å²) in [7, 11) is 0. The number of benzene rings is 2. The normalized spacial score (nSPS) is 20.8. The largest absolute Gasteiger partial charge is 0.506 e. The summed E-state index contributed by atoms with van der Waals surface area (Å²) in [5, 5.41) is 25.4. The molecule has 5 nitrogen and oxygen atoms in total. The van der Waals surface area contributed by atoms with Crippen LogP contribution in [0.4, 0.5) is 5.69 Å². The maximum atomic E-state index is 10.8. The summed E-state index contributed by atoms with van der Waals surface area (Å²) in [6.07, 6.45) is 3.88. The summed E-state index contributed by atoms with van der Waals surface area (Å²) in [4.78, 5) is 3.32. The maximum absolute atomic E-state index is 10.8. The Bertz CT molecular complexity index is 934. The van der Waals surface area contributed by atoms with Crippen molar-refractivity contribution < 1.29 is 10.2 Å². The van der Waals surface area contributed by atoms with Crippen molar-refractivity contribution in [3.05, 3.63) is 59.3 Å². The first-order chi connectivity index (χ1) is 12.5. The van der Waals surface area contributed by atoms with Gasteiger partial charge in [0.05, 0.1) is 11.8 Å². The SMILES string of the molecule is CC(Cc1c[nH]c2ccccc12)NC1CCc2c(ccc(O)c2N)C1O. The molecule has 4 rings (SSSR count). The number of nitrogen functional groups attached to an aromatic ring is 1. The van der Waals surface area contributed by atoms with Gasteiger partial charge in [-0.05, 0) is 55.0 Å². The molecule has 1 aliphatic carbocycles. The Hall–Kier alpha value is -2.50. The molecule has 0 fully saturated rings. The molecule has 0 radical (unpaired) electrons. The van der Waals surface area contributed by atoms with Crippen LogP contribution in [0.1, 0.15) is 36.1 Å². The van der Waals surface area contributed by atoms with Crippen molar-refractivity contribution in [3.8, 4) is 5.75 Å². The maximum Gasteiger partial charge on any atom is 0.138 e. The second-order valence-electron chi connectivity index (χ2n) is 7.29. The highest BCUT2D eigenvalue weighted by atomic mass is 16.3. The molecule has 1 aromatic heterocycles. The Morgan fingerprint density at radius 1 is 1.27 bits per heavy atom. The third-order valence-electron chi connectivity index (χ3n) is 5.48. The predicted molar refractivity (Wildman–Crippen MR) is 104 cm³/mol. The molecule has 0 bridgehead atoms. The molecule has 0 aliphatic heterocycles. The summed E-state index contributed by atoms with van der Waals surface area (Å²) < 4.78 is 0. The second-order valence-corrected chi connectivity index (χ2v) is 7.29. The van der Waals surface area contributed by atoms with E-state index in [0.717, 1.165) is 35.9 Å². The number of aromatic nitrogens is 1. The van der Waals surface area contributed by atoms with Gasteiger partial charge in [-0.2, -0.15) is 0 Å². The van der Waals surface area contributed by atoms with E-state index in [2.05, 4.69) is 41.6 Å². The van der Waals surface area contributed by atoms with Gasteiger partial charge in [0.1, 0.15) is 5.75 Å². The van der Waals surface area contributed by atoms with Crippen LogP contribution >= 0.6 is 0 Å². The van der Waals surface area contributed by atoms with Gasteiger partial charge in [0, 0.05) is 29.2 Å². The highest BCUT2D eigenvalue weighted by Crippen LogP contribution is 2.37. The number of para-hydroxylation sites is 1. The van der Waals surface area contributed by atoms with Gasteiger partial charge in [0.15, 0.2) is 0 Å². The van der Waals surface area contributed by atoms with Crippen LogP contribution in [0.2, 0.25) is 0 Å². The fraction of sp³-hybridized carbons (Fsp3) is 0.333. The standard InChI is InChI=1S/C21H25N3O2/c1-12(10-13-11-23-17-5-3-2-4-14(13)17)24-18-8-6-15-16(21(18)26)7-9-19(25)20(15)22/h2-5,7,9,11-12,18,21,23-26H,6,8,10,22H2,1H3. The van der Waals surface area contributed by atoms with Gasteiger partial charge < -0.3 is 26.2 Å². The van der Waals surface area contributed by atoms with Gasteiger partial charge in [-0.15, -0.1) is 0 Å². The summed E-state index contributed by atoms with van der Waals surface area (Å²) in [5.41, 5.74) is 10.5. The topological polar surface area (TPSA) is 94.3 Å². The number of anilines is 1. The first-order valence-electron chi connectivity index (χ1n) is 9.14. The predicted octanol–water partition coefficient (Wildman–Crippen LogP) is 3.02. The van der Waals surface area contributed by atoms with E-state index >= 15 is 0 Å². The molecule has 1 aliphatic rings. The lowest BCUT2D eigenvalue weighted by Gasteiger charge is -2.33. The summed E-state index contributed by atoms with van der Waals surface area (Å²) >= 11 is 0. The number of H-pyrrole nitrogens is 1. The van der Waals surface area contributed by atoms with E-state index in [-0.39, 0.29) is 17.8 Å². The van der Waals surface area contributed by atoms with Crippen LogP contribution in [-0.2, 0) is 12.8 Å². The Morgan fingerprint density at radius 3 is 2.92 bits per heavy atom. The van der Waals surface area contributed by atoms with Crippen molar-refractivity contribution in [2.45, 2.75) is 44.4 Å². The van der Waals surface area contributed by atoms with Crippen molar-refractivity contribution in [1.29, 1.82) is 0 Å². The van der Waals surface area contributed by atoms with E-state index in [1.54, 1.807) is 12.1 Å². The van der Waals surface area contributed by atoms with Crippen LogP contribution in [0.5, 0.6) is 5.75 Å². The Morgan fingerprint density at radius 2 is 2.08 bits per heavy atom. The number of aliphatic hydroxyl groups is 1. The number of aromatic amines is 1. The highest BCUT2D eigenvalue weighted by Gasteiger charge is 2.30. The van der Waals surface area contributed by atoms with Crippen molar-refractivity contribution in [2.75, 3.05) is 5.73 Å². The van der Waals surface area contributed by atoms with Crippen molar-refractivity contribution in [3.63, 3.8) is 0 Å². The molecule has 3 unspecified atom stereocenters. The van der Waals surface area contributed by atoms with Gasteiger partial charge in [0.2, 0.25) is 0 Å². The molecule has 2 aromatic carbocycles. The van der Waals surface area contributed by atoms with Crippen LogP contribution in [0.3, 0.4) is 0 Å². The number of nitrogens with two attached hydrogens (primary N) is 1. The van der Waals surface area contributed by atoms with E-state index in [1.165, 1.54) is 10.9 Å². The fourth-order valence-corrected chi connectivity index (χ4v) is 4.13. The third kappa shape index (κ3) is 2.93. The molecule has 0 spiro atoms. The van der Waals surface area contributed by atoms with Crippen LogP contribution < -0.4 is 11.1 Å². The van der Waals surface area contributed by atoms with E-state index in [4.69, 9.17) is 5.73 Å². The van der Waals surface area contributed by atoms with Crippen molar-refractivity contribution in [1.82, 2.24) is 10.3 Å². The van der Waals surface area contributed by atoms with Crippen LogP contribution in [0.15, 0.2) is 42.6 Å². The smallest absolute Gasteiger partial charge is 0.138 e. The van der Waals surface area contributed by atoms with E-state index < -0.39 is 6.10 Å². The molecule has 136 valence electrons. The van der Waals surface area contributed by atoms with Gasteiger partial charge in [-0.1, -0.05) is 24.3 Å². The average molecular weight is 351 g/mol. The van der Waals surface area contributed by atoms with Gasteiger partial charge >= 0.3 is 0 Å². The number of rotatable bonds is 4. The Labute approximate surface area is 152 Å². The minimum absolute atomic E-state index is 0.0216. The molecule has 26 heavy (non-hydrogen) atoms. The molecule has 6 N–H and O–H groups in total. The van der Waals surface area contributed by atoms with E-state index in [0.29, 0.717) is 5.69 Å². The van der Waals surface area contributed by atoms with Gasteiger partial charge in [-0.3, -0.25) is 0 Å². The highest BCUT2D eigenvalue weighted by molar-refractivity contribution is 5.83. The minimum Gasteiger partial charge on any atom is -0.506 e. The minimum atomic E-state index is -0.618. The number of nitrogens with one attached hydrogen (secondary N) is 2. The van der Waals surface area contributed by atoms with E-state index in [1.807, 2.05) is 6.07 Å². The number of hydrogen-bond acceptors (Lipinski definition) is 4. The molecule has 0 saturated carbocycles. The molecule has 5 heteroatoms. The first kappa shape index (κ1) is 16.9. The number of phenolic OH excluding ortho intramolecular Hbond substituents is 1. The van der Waals surface area contributed by atoms with E-state index in [9.17, 15) is 10.2 Å². The van der Waals surface area contributed by atoms with Crippen LogP contribution in [0, 0.1) is 0 Å². The number of aliphatic hydroxyl groups excluding tert-OH is 1. The Balaban J connectivity index is 1.48. The van der Waals surface area contributed by atoms with Crippen LogP contribution in [0.25, 0.3) is 10.9 Å².